The van der Waals surface area contributed by atoms with Crippen molar-refractivity contribution >= 4 is 34.5 Å². The quantitative estimate of drug-likeness (QED) is 0.167. The van der Waals surface area contributed by atoms with Crippen LogP contribution in [-0.2, 0) is 6.61 Å². The van der Waals surface area contributed by atoms with Crippen LogP contribution in [0.5, 0.6) is 11.5 Å². The lowest BCUT2D eigenvalue weighted by molar-refractivity contribution is 0.0952. The molecule has 0 spiro atoms. The highest BCUT2D eigenvalue weighted by molar-refractivity contribution is 6.30. The van der Waals surface area contributed by atoms with E-state index in [0.717, 1.165) is 44.7 Å². The van der Waals surface area contributed by atoms with Crippen LogP contribution in [0.4, 0.5) is 0 Å². The molecule has 1 aromatic heterocycles. The molecule has 196 valence electrons. The van der Waals surface area contributed by atoms with Gasteiger partial charge in [0.2, 0.25) is 0 Å². The number of methoxy groups -OCH3 is 1. The molecule has 1 N–H and O–H groups in total. The molecule has 5 rings (SSSR count). The lowest BCUT2D eigenvalue weighted by atomic mass is 10.1. The van der Waals surface area contributed by atoms with Gasteiger partial charge in [-0.1, -0.05) is 48.0 Å². The monoisotopic (exact) mass is 537 g/mol. The van der Waals surface area contributed by atoms with Crippen LogP contribution in [0.3, 0.4) is 0 Å². The minimum atomic E-state index is -0.336. The molecule has 7 heteroatoms. The number of amides is 1. The number of ether oxygens (including phenoxy) is 2. The van der Waals surface area contributed by atoms with E-state index < -0.39 is 0 Å². The Hall–Kier alpha value is -4.55. The molecule has 0 radical (unpaired) electrons. The number of aromatic nitrogens is 1. The Labute approximate surface area is 232 Å². The van der Waals surface area contributed by atoms with E-state index in [4.69, 9.17) is 21.1 Å². The normalized spacial score (nSPS) is 11.2. The molecule has 0 atom stereocenters. The van der Waals surface area contributed by atoms with Gasteiger partial charge in [0.1, 0.15) is 18.1 Å². The van der Waals surface area contributed by atoms with Gasteiger partial charge in [0, 0.05) is 27.7 Å². The van der Waals surface area contributed by atoms with Gasteiger partial charge < -0.3 is 14.0 Å². The predicted octanol–water partition coefficient (Wildman–Crippen LogP) is 7.25. The standard InChI is InChI=1S/C32H28ClN3O3/c1-21-16-26(19-34-35-32(37)30-17-24-6-4-5-7-25(24)18-31(30)38-3)22(2)36(21)28-12-14-29(15-13-28)39-20-23-8-10-27(33)11-9-23/h4-19H,20H2,1-3H3,(H,35,37)/b34-19-. The number of fused-ring (bicyclic) bond motifs is 1. The number of carbonyl (C=O) groups is 1. The molecule has 6 nitrogen and oxygen atoms in total. The summed E-state index contributed by atoms with van der Waals surface area (Å²) in [6.07, 6.45) is 1.66. The predicted molar refractivity (Wildman–Crippen MR) is 157 cm³/mol. The van der Waals surface area contributed by atoms with Gasteiger partial charge in [-0.3, -0.25) is 4.79 Å². The van der Waals surface area contributed by atoms with E-state index >= 15 is 0 Å². The summed E-state index contributed by atoms with van der Waals surface area (Å²) in [5, 5.41) is 6.90. The van der Waals surface area contributed by atoms with Crippen molar-refractivity contribution in [1.82, 2.24) is 9.99 Å². The summed E-state index contributed by atoms with van der Waals surface area (Å²) in [6, 6.07) is 29.1. The molecule has 0 saturated heterocycles. The zero-order valence-electron chi connectivity index (χ0n) is 21.9. The lowest BCUT2D eigenvalue weighted by Gasteiger charge is -2.11. The zero-order chi connectivity index (χ0) is 27.4. The summed E-state index contributed by atoms with van der Waals surface area (Å²) in [6.45, 7) is 4.52. The summed E-state index contributed by atoms with van der Waals surface area (Å²) < 4.78 is 13.5. The summed E-state index contributed by atoms with van der Waals surface area (Å²) in [4.78, 5) is 12.9. The molecular weight excluding hydrogens is 510 g/mol. The number of carbonyl (C=O) groups excluding carboxylic acids is 1. The Morgan fingerprint density at radius 2 is 1.64 bits per heavy atom. The van der Waals surface area contributed by atoms with Gasteiger partial charge in [-0.25, -0.2) is 5.43 Å². The average molecular weight is 538 g/mol. The van der Waals surface area contributed by atoms with Crippen molar-refractivity contribution in [2.45, 2.75) is 20.5 Å². The third-order valence-corrected chi connectivity index (χ3v) is 6.82. The van der Waals surface area contributed by atoms with Gasteiger partial charge in [0.15, 0.2) is 0 Å². The number of aryl methyl sites for hydroxylation is 1. The lowest BCUT2D eigenvalue weighted by Crippen LogP contribution is -2.18. The second-order valence-electron chi connectivity index (χ2n) is 9.17. The Morgan fingerprint density at radius 1 is 0.949 bits per heavy atom. The minimum Gasteiger partial charge on any atom is -0.496 e. The van der Waals surface area contributed by atoms with Crippen molar-refractivity contribution in [3.8, 4) is 17.2 Å². The number of benzene rings is 4. The van der Waals surface area contributed by atoms with Gasteiger partial charge in [-0.05, 0) is 84.8 Å². The number of hydrogen-bond donors (Lipinski definition) is 1. The maximum Gasteiger partial charge on any atom is 0.275 e. The van der Waals surface area contributed by atoms with Gasteiger partial charge >= 0.3 is 0 Å². The summed E-state index contributed by atoms with van der Waals surface area (Å²) >= 11 is 5.95. The largest absolute Gasteiger partial charge is 0.496 e. The van der Waals surface area contributed by atoms with Crippen molar-refractivity contribution in [2.24, 2.45) is 5.10 Å². The van der Waals surface area contributed by atoms with Crippen molar-refractivity contribution in [2.75, 3.05) is 7.11 Å². The summed E-state index contributed by atoms with van der Waals surface area (Å²) in [5.41, 5.74) is 8.08. The fourth-order valence-electron chi connectivity index (χ4n) is 4.54. The first-order chi connectivity index (χ1) is 18.9. The number of nitrogens with one attached hydrogen (secondary N) is 1. The van der Waals surface area contributed by atoms with Crippen LogP contribution >= 0.6 is 11.6 Å². The van der Waals surface area contributed by atoms with Crippen LogP contribution in [0.15, 0.2) is 96.1 Å². The van der Waals surface area contributed by atoms with Gasteiger partial charge in [0.25, 0.3) is 5.91 Å². The number of hydrogen-bond acceptors (Lipinski definition) is 4. The second kappa shape index (κ2) is 11.5. The van der Waals surface area contributed by atoms with Crippen molar-refractivity contribution in [1.29, 1.82) is 0 Å². The van der Waals surface area contributed by atoms with Gasteiger partial charge in [-0.2, -0.15) is 5.10 Å². The van der Waals surface area contributed by atoms with Crippen LogP contribution in [-0.4, -0.2) is 23.8 Å². The molecule has 0 unspecified atom stereocenters. The number of nitrogens with zero attached hydrogens (tertiary/aromatic N) is 2. The number of halogens is 1. The first-order valence-electron chi connectivity index (χ1n) is 12.5. The molecule has 5 aromatic rings. The maximum absolute atomic E-state index is 12.9. The summed E-state index contributed by atoms with van der Waals surface area (Å²) in [7, 11) is 1.55. The first-order valence-corrected chi connectivity index (χ1v) is 12.9. The molecule has 39 heavy (non-hydrogen) atoms. The smallest absolute Gasteiger partial charge is 0.275 e. The van der Waals surface area contributed by atoms with E-state index in [1.165, 1.54) is 0 Å². The van der Waals surface area contributed by atoms with E-state index in [9.17, 15) is 4.79 Å². The van der Waals surface area contributed by atoms with Gasteiger partial charge in [-0.15, -0.1) is 0 Å². The molecule has 0 fully saturated rings. The number of rotatable bonds is 8. The maximum atomic E-state index is 12.9. The van der Waals surface area contributed by atoms with E-state index in [1.54, 1.807) is 13.3 Å². The SMILES string of the molecule is COc1cc2ccccc2cc1C(=O)N/N=C\c1cc(C)n(-c2ccc(OCc3ccc(Cl)cc3)cc2)c1C. The van der Waals surface area contributed by atoms with Crippen molar-refractivity contribution in [3.05, 3.63) is 124 Å². The van der Waals surface area contributed by atoms with Crippen molar-refractivity contribution < 1.29 is 14.3 Å². The third kappa shape index (κ3) is 5.81. The highest BCUT2D eigenvalue weighted by Crippen LogP contribution is 2.26. The van der Waals surface area contributed by atoms with Crippen LogP contribution in [0.25, 0.3) is 16.5 Å². The Kier molecular flexibility index (Phi) is 7.66. The van der Waals surface area contributed by atoms with E-state index in [1.807, 2.05) is 105 Å². The first kappa shape index (κ1) is 26.1. The van der Waals surface area contributed by atoms with E-state index in [2.05, 4.69) is 15.1 Å². The average Bonchev–Trinajstić information content (AvgIpc) is 3.24. The molecule has 1 heterocycles. The highest BCUT2D eigenvalue weighted by atomic mass is 35.5. The van der Waals surface area contributed by atoms with Crippen molar-refractivity contribution in [3.63, 3.8) is 0 Å². The van der Waals surface area contributed by atoms with Crippen LogP contribution in [0, 0.1) is 13.8 Å². The highest BCUT2D eigenvalue weighted by Gasteiger charge is 2.14. The van der Waals surface area contributed by atoms with Crippen LogP contribution < -0.4 is 14.9 Å². The fourth-order valence-corrected chi connectivity index (χ4v) is 4.67. The molecule has 4 aromatic carbocycles. The third-order valence-electron chi connectivity index (χ3n) is 6.57. The zero-order valence-corrected chi connectivity index (χ0v) is 22.7. The topological polar surface area (TPSA) is 64.8 Å². The minimum absolute atomic E-state index is 0.336. The molecule has 0 bridgehead atoms. The summed E-state index contributed by atoms with van der Waals surface area (Å²) in [5.74, 6) is 0.946. The molecule has 0 aliphatic rings. The van der Waals surface area contributed by atoms with E-state index in [-0.39, 0.29) is 5.91 Å². The molecule has 1 amide bonds. The Bertz CT molecular complexity index is 1660. The van der Waals surface area contributed by atoms with Crippen LogP contribution in [0.1, 0.15) is 32.9 Å². The number of hydrazone groups is 1. The fraction of sp³-hybridized carbons (Fsp3) is 0.125. The Morgan fingerprint density at radius 3 is 2.33 bits per heavy atom. The van der Waals surface area contributed by atoms with Crippen LogP contribution in [0.2, 0.25) is 5.02 Å². The van der Waals surface area contributed by atoms with Gasteiger partial charge in [0.05, 0.1) is 18.9 Å². The second-order valence-corrected chi connectivity index (χ2v) is 9.61. The molecule has 0 aliphatic heterocycles. The molecule has 0 aliphatic carbocycles. The van der Waals surface area contributed by atoms with E-state index in [0.29, 0.717) is 22.9 Å². The Balaban J connectivity index is 1.27. The molecule has 0 saturated carbocycles. The molecular formula is C32H28ClN3O3.